The average molecular weight is 405 g/mol. The van der Waals surface area contributed by atoms with Crippen LogP contribution in [0.15, 0.2) is 29.3 Å². The molecule has 0 saturated heterocycles. The number of hydrogen-bond donors (Lipinski definition) is 1. The number of pyridine rings is 1. The highest BCUT2D eigenvalue weighted by Crippen LogP contribution is 2.28. The van der Waals surface area contributed by atoms with E-state index >= 15 is 0 Å². The second-order valence-corrected chi connectivity index (χ2v) is 6.98. The maximum atomic E-state index is 13.7. The zero-order valence-electron chi connectivity index (χ0n) is 15.4. The van der Waals surface area contributed by atoms with E-state index in [1.807, 2.05) is 6.07 Å². The van der Waals surface area contributed by atoms with E-state index in [4.69, 9.17) is 4.74 Å². The van der Waals surface area contributed by atoms with Crippen molar-refractivity contribution < 1.29 is 23.1 Å². The minimum Gasteiger partial charge on any atom is -0.462 e. The molecule has 2 rings (SSSR count). The zero-order valence-corrected chi connectivity index (χ0v) is 16.2. The van der Waals surface area contributed by atoms with Gasteiger partial charge in [-0.05, 0) is 39.0 Å². The Kier molecular flexibility index (Phi) is 7.06. The highest BCUT2D eigenvalue weighted by molar-refractivity contribution is 8.00. The number of nitriles is 1. The Morgan fingerprint density at radius 1 is 1.36 bits per heavy atom. The molecule has 2 aromatic rings. The predicted octanol–water partition coefficient (Wildman–Crippen LogP) is 3.84. The number of para-hydroxylation sites is 1. The molecule has 146 valence electrons. The summed E-state index contributed by atoms with van der Waals surface area (Å²) >= 11 is 0.939. The Balaban J connectivity index is 2.22. The Hall–Kier alpha value is -2.99. The molecule has 1 heterocycles. The third kappa shape index (κ3) is 4.84. The van der Waals surface area contributed by atoms with Crippen LogP contribution in [0.5, 0.6) is 0 Å². The fraction of sp³-hybridized carbons (Fsp3) is 0.263. The number of amides is 1. The maximum absolute atomic E-state index is 13.7. The van der Waals surface area contributed by atoms with E-state index in [1.165, 1.54) is 19.1 Å². The number of anilines is 1. The van der Waals surface area contributed by atoms with Gasteiger partial charge in [0, 0.05) is 0 Å². The second-order valence-electron chi connectivity index (χ2n) is 5.65. The number of aryl methyl sites for hydroxylation is 1. The van der Waals surface area contributed by atoms with Crippen LogP contribution >= 0.6 is 11.8 Å². The Bertz CT molecular complexity index is 940. The standard InChI is InChI=1S/C19H17F2N3O3S/c1-4-27-19(26)13-8-12(9-22)18(23-10(13)2)28-11(3)17(25)24-16-14(20)6-5-7-15(16)21/h5-8,11H,4H2,1-3H3,(H,24,25)/t11-/m1/s1. The highest BCUT2D eigenvalue weighted by Gasteiger charge is 2.22. The molecule has 0 radical (unpaired) electrons. The summed E-state index contributed by atoms with van der Waals surface area (Å²) in [6.07, 6.45) is 0. The van der Waals surface area contributed by atoms with E-state index in [1.54, 1.807) is 13.8 Å². The topological polar surface area (TPSA) is 92.1 Å². The maximum Gasteiger partial charge on any atom is 0.340 e. The van der Waals surface area contributed by atoms with Crippen LogP contribution in [0.25, 0.3) is 0 Å². The van der Waals surface area contributed by atoms with Gasteiger partial charge >= 0.3 is 5.97 Å². The first-order valence-electron chi connectivity index (χ1n) is 8.28. The second kappa shape index (κ2) is 9.28. The van der Waals surface area contributed by atoms with E-state index in [0.29, 0.717) is 5.69 Å². The van der Waals surface area contributed by atoms with Crippen molar-refractivity contribution in [3.63, 3.8) is 0 Å². The van der Waals surface area contributed by atoms with Crippen molar-refractivity contribution in [1.29, 1.82) is 5.26 Å². The van der Waals surface area contributed by atoms with Crippen LogP contribution < -0.4 is 5.32 Å². The predicted molar refractivity (Wildman–Crippen MR) is 100.0 cm³/mol. The van der Waals surface area contributed by atoms with E-state index in [0.717, 1.165) is 23.9 Å². The molecule has 0 saturated carbocycles. The molecule has 0 aliphatic carbocycles. The van der Waals surface area contributed by atoms with Crippen molar-refractivity contribution in [2.24, 2.45) is 0 Å². The molecule has 1 aromatic heterocycles. The molecule has 0 aliphatic heterocycles. The van der Waals surface area contributed by atoms with Gasteiger partial charge in [0.1, 0.15) is 28.4 Å². The number of nitrogens with one attached hydrogen (secondary N) is 1. The summed E-state index contributed by atoms with van der Waals surface area (Å²) < 4.78 is 32.3. The van der Waals surface area contributed by atoms with Gasteiger partial charge in [0.15, 0.2) is 0 Å². The van der Waals surface area contributed by atoms with Gasteiger partial charge in [-0.15, -0.1) is 0 Å². The molecule has 0 bridgehead atoms. The lowest BCUT2D eigenvalue weighted by molar-refractivity contribution is -0.115. The fourth-order valence-electron chi connectivity index (χ4n) is 2.23. The van der Waals surface area contributed by atoms with Crippen LogP contribution in [0.2, 0.25) is 0 Å². The SMILES string of the molecule is CCOC(=O)c1cc(C#N)c(S[C@H](C)C(=O)Nc2c(F)cccc2F)nc1C. The highest BCUT2D eigenvalue weighted by atomic mass is 32.2. The molecule has 6 nitrogen and oxygen atoms in total. The first-order chi connectivity index (χ1) is 13.3. The molecule has 0 unspecified atom stereocenters. The molecule has 1 amide bonds. The monoisotopic (exact) mass is 405 g/mol. The van der Waals surface area contributed by atoms with Crippen LogP contribution in [-0.2, 0) is 9.53 Å². The summed E-state index contributed by atoms with van der Waals surface area (Å²) in [4.78, 5) is 28.5. The lowest BCUT2D eigenvalue weighted by atomic mass is 10.1. The summed E-state index contributed by atoms with van der Waals surface area (Å²) in [7, 11) is 0. The smallest absolute Gasteiger partial charge is 0.340 e. The Morgan fingerprint density at radius 2 is 2.00 bits per heavy atom. The number of ether oxygens (including phenoxy) is 1. The van der Waals surface area contributed by atoms with Gasteiger partial charge in [-0.3, -0.25) is 4.79 Å². The normalized spacial score (nSPS) is 11.4. The third-order valence-corrected chi connectivity index (χ3v) is 4.76. The Labute approximate surface area is 164 Å². The van der Waals surface area contributed by atoms with Gasteiger partial charge in [0.05, 0.1) is 28.7 Å². The number of benzene rings is 1. The summed E-state index contributed by atoms with van der Waals surface area (Å²) in [5.41, 5.74) is 0.0543. The number of thioether (sulfide) groups is 1. The first-order valence-corrected chi connectivity index (χ1v) is 9.16. The number of halogens is 2. The number of nitrogens with zero attached hydrogens (tertiary/aromatic N) is 2. The summed E-state index contributed by atoms with van der Waals surface area (Å²) in [5, 5.41) is 11.0. The molecular formula is C19H17F2N3O3S. The van der Waals surface area contributed by atoms with Gasteiger partial charge < -0.3 is 10.1 Å². The molecule has 28 heavy (non-hydrogen) atoms. The van der Waals surface area contributed by atoms with Crippen molar-refractivity contribution in [3.8, 4) is 6.07 Å². The number of carbonyl (C=O) groups excluding carboxylic acids is 2. The molecule has 0 fully saturated rings. The van der Waals surface area contributed by atoms with Crippen LogP contribution in [0.3, 0.4) is 0 Å². The number of rotatable bonds is 6. The quantitative estimate of drug-likeness (QED) is 0.580. The summed E-state index contributed by atoms with van der Waals surface area (Å²) in [6.45, 7) is 4.93. The minimum absolute atomic E-state index is 0.0929. The summed E-state index contributed by atoms with van der Waals surface area (Å²) in [5.74, 6) is -3.04. The number of carbonyl (C=O) groups is 2. The van der Waals surface area contributed by atoms with Gasteiger partial charge in [0.25, 0.3) is 0 Å². The van der Waals surface area contributed by atoms with Crippen molar-refractivity contribution in [2.75, 3.05) is 11.9 Å². The summed E-state index contributed by atoms with van der Waals surface area (Å²) in [6, 6.07) is 6.53. The van der Waals surface area contributed by atoms with E-state index in [-0.39, 0.29) is 22.8 Å². The van der Waals surface area contributed by atoms with Crippen LogP contribution in [0, 0.1) is 29.9 Å². The van der Waals surface area contributed by atoms with E-state index < -0.39 is 34.4 Å². The van der Waals surface area contributed by atoms with Gasteiger partial charge in [-0.2, -0.15) is 5.26 Å². The van der Waals surface area contributed by atoms with Crippen molar-refractivity contribution in [1.82, 2.24) is 4.98 Å². The molecule has 0 aliphatic rings. The van der Waals surface area contributed by atoms with Crippen LogP contribution in [-0.4, -0.2) is 28.7 Å². The first kappa shape index (κ1) is 21.3. The molecule has 9 heteroatoms. The zero-order chi connectivity index (χ0) is 20.8. The molecule has 1 N–H and O–H groups in total. The number of hydrogen-bond acceptors (Lipinski definition) is 6. The lowest BCUT2D eigenvalue weighted by Crippen LogP contribution is -2.24. The number of aromatic nitrogens is 1. The van der Waals surface area contributed by atoms with Crippen molar-refractivity contribution in [3.05, 3.63) is 52.7 Å². The fourth-order valence-corrected chi connectivity index (χ4v) is 3.15. The number of esters is 1. The van der Waals surface area contributed by atoms with Crippen LogP contribution in [0.1, 0.15) is 35.5 Å². The van der Waals surface area contributed by atoms with Crippen molar-refractivity contribution >= 4 is 29.3 Å². The molecular weight excluding hydrogens is 388 g/mol. The third-order valence-electron chi connectivity index (χ3n) is 3.66. The molecule has 0 spiro atoms. The lowest BCUT2D eigenvalue weighted by Gasteiger charge is -2.14. The average Bonchev–Trinajstić information content (AvgIpc) is 2.65. The van der Waals surface area contributed by atoms with Gasteiger partial charge in [0.2, 0.25) is 5.91 Å². The van der Waals surface area contributed by atoms with E-state index in [2.05, 4.69) is 10.3 Å². The van der Waals surface area contributed by atoms with Gasteiger partial charge in [-0.1, -0.05) is 17.8 Å². The molecule has 1 atom stereocenters. The van der Waals surface area contributed by atoms with Crippen LogP contribution in [0.4, 0.5) is 14.5 Å². The Morgan fingerprint density at radius 3 is 2.57 bits per heavy atom. The van der Waals surface area contributed by atoms with E-state index in [9.17, 15) is 23.6 Å². The largest absolute Gasteiger partial charge is 0.462 e. The van der Waals surface area contributed by atoms with Crippen molar-refractivity contribution in [2.45, 2.75) is 31.0 Å². The van der Waals surface area contributed by atoms with Gasteiger partial charge in [-0.25, -0.2) is 18.6 Å². The minimum atomic E-state index is -0.893. The molecule has 1 aromatic carbocycles.